The highest BCUT2D eigenvalue weighted by Crippen LogP contribution is 2.08. The lowest BCUT2D eigenvalue weighted by Crippen LogP contribution is -2.27. The van der Waals surface area contributed by atoms with Crippen molar-refractivity contribution in [3.63, 3.8) is 0 Å². The molecule has 2 aromatic heterocycles. The Morgan fingerprint density at radius 1 is 1.25 bits per heavy atom. The Labute approximate surface area is 137 Å². The molecule has 0 unspecified atom stereocenters. The van der Waals surface area contributed by atoms with Gasteiger partial charge >= 0.3 is 0 Å². The Morgan fingerprint density at radius 3 is 2.83 bits per heavy atom. The maximum atomic E-state index is 12.0. The van der Waals surface area contributed by atoms with Crippen molar-refractivity contribution in [2.45, 2.75) is 13.0 Å². The average molecular weight is 324 g/mol. The normalized spacial score (nSPS) is 10.5. The molecule has 1 amide bonds. The highest BCUT2D eigenvalue weighted by atomic mass is 16.5. The fourth-order valence-electron chi connectivity index (χ4n) is 2.26. The standard InChI is InChI=1S/C17H16N4O3/c1-24-12-7-6-11(18-9-12)8-16(22)19-10-15-20-14-5-3-2-4-13(14)17(23)21-15/h2-7,9H,8,10H2,1H3,(H,19,22)(H,20,21,23). The van der Waals surface area contributed by atoms with E-state index in [4.69, 9.17) is 4.74 Å². The predicted octanol–water partition coefficient (Wildman–Crippen LogP) is 1.19. The highest BCUT2D eigenvalue weighted by molar-refractivity contribution is 5.78. The Hall–Kier alpha value is -3.22. The first-order chi connectivity index (χ1) is 11.7. The molecule has 2 N–H and O–H groups in total. The van der Waals surface area contributed by atoms with Gasteiger partial charge in [0.2, 0.25) is 5.91 Å². The number of methoxy groups -OCH3 is 1. The second-order valence-corrected chi connectivity index (χ2v) is 5.17. The molecule has 122 valence electrons. The third-order valence-corrected chi connectivity index (χ3v) is 3.49. The van der Waals surface area contributed by atoms with Gasteiger partial charge in [-0.05, 0) is 24.3 Å². The smallest absolute Gasteiger partial charge is 0.258 e. The lowest BCUT2D eigenvalue weighted by molar-refractivity contribution is -0.120. The Bertz CT molecular complexity index is 919. The van der Waals surface area contributed by atoms with Crippen LogP contribution in [-0.2, 0) is 17.8 Å². The summed E-state index contributed by atoms with van der Waals surface area (Å²) in [6, 6.07) is 10.5. The molecule has 0 atom stereocenters. The minimum atomic E-state index is -0.221. The SMILES string of the molecule is COc1ccc(CC(=O)NCc2nc3ccccc3c(=O)[nH]2)nc1. The largest absolute Gasteiger partial charge is 0.495 e. The van der Waals surface area contributed by atoms with Crippen molar-refractivity contribution in [2.24, 2.45) is 0 Å². The van der Waals surface area contributed by atoms with E-state index in [-0.39, 0.29) is 24.4 Å². The van der Waals surface area contributed by atoms with E-state index in [1.165, 1.54) is 0 Å². The monoisotopic (exact) mass is 324 g/mol. The molecule has 1 aromatic carbocycles. The number of pyridine rings is 1. The zero-order valence-electron chi connectivity index (χ0n) is 13.1. The molecular formula is C17H16N4O3. The summed E-state index contributed by atoms with van der Waals surface area (Å²) in [6.45, 7) is 0.148. The predicted molar refractivity (Wildman–Crippen MR) is 88.7 cm³/mol. The van der Waals surface area contributed by atoms with E-state index in [9.17, 15) is 9.59 Å². The van der Waals surface area contributed by atoms with Gasteiger partial charge in [-0.3, -0.25) is 14.6 Å². The van der Waals surface area contributed by atoms with E-state index in [1.54, 1.807) is 43.6 Å². The van der Waals surface area contributed by atoms with Crippen molar-refractivity contribution < 1.29 is 9.53 Å². The van der Waals surface area contributed by atoms with Crippen molar-refractivity contribution in [3.05, 3.63) is 64.5 Å². The maximum Gasteiger partial charge on any atom is 0.258 e. The molecule has 0 fully saturated rings. The molecule has 3 aromatic rings. The topological polar surface area (TPSA) is 97.0 Å². The van der Waals surface area contributed by atoms with Crippen LogP contribution in [0.15, 0.2) is 47.4 Å². The second kappa shape index (κ2) is 6.91. The molecule has 0 spiro atoms. The Kier molecular flexibility index (Phi) is 4.51. The summed E-state index contributed by atoms with van der Waals surface area (Å²) in [5.74, 6) is 0.843. The summed E-state index contributed by atoms with van der Waals surface area (Å²) in [6.07, 6.45) is 1.70. The zero-order valence-corrected chi connectivity index (χ0v) is 13.1. The first kappa shape index (κ1) is 15.7. The van der Waals surface area contributed by atoms with Gasteiger partial charge in [0.1, 0.15) is 11.6 Å². The van der Waals surface area contributed by atoms with Crippen molar-refractivity contribution in [3.8, 4) is 5.75 Å². The van der Waals surface area contributed by atoms with E-state index >= 15 is 0 Å². The van der Waals surface area contributed by atoms with Gasteiger partial charge in [0.25, 0.3) is 5.56 Å². The van der Waals surface area contributed by atoms with Gasteiger partial charge in [0.05, 0.1) is 37.2 Å². The first-order valence-corrected chi connectivity index (χ1v) is 7.39. The van der Waals surface area contributed by atoms with Gasteiger partial charge in [0, 0.05) is 5.69 Å². The maximum absolute atomic E-state index is 12.0. The van der Waals surface area contributed by atoms with Crippen LogP contribution in [0.4, 0.5) is 0 Å². The minimum absolute atomic E-state index is 0.141. The molecule has 7 nitrogen and oxygen atoms in total. The second-order valence-electron chi connectivity index (χ2n) is 5.17. The van der Waals surface area contributed by atoms with Crippen molar-refractivity contribution >= 4 is 16.8 Å². The van der Waals surface area contributed by atoms with Gasteiger partial charge in [-0.2, -0.15) is 0 Å². The first-order valence-electron chi connectivity index (χ1n) is 7.39. The molecule has 7 heteroatoms. The van der Waals surface area contributed by atoms with Crippen molar-refractivity contribution in [2.75, 3.05) is 7.11 Å². The zero-order chi connectivity index (χ0) is 16.9. The Balaban J connectivity index is 1.64. The molecule has 0 bridgehead atoms. The molecule has 0 saturated heterocycles. The number of rotatable bonds is 5. The third kappa shape index (κ3) is 3.57. The van der Waals surface area contributed by atoms with E-state index < -0.39 is 0 Å². The number of aromatic nitrogens is 3. The van der Waals surface area contributed by atoms with E-state index in [0.29, 0.717) is 28.2 Å². The van der Waals surface area contributed by atoms with E-state index in [0.717, 1.165) is 0 Å². The summed E-state index contributed by atoms with van der Waals surface area (Å²) >= 11 is 0. The van der Waals surface area contributed by atoms with Crippen LogP contribution >= 0.6 is 0 Å². The molecule has 0 saturated carbocycles. The highest BCUT2D eigenvalue weighted by Gasteiger charge is 2.07. The van der Waals surface area contributed by atoms with Crippen LogP contribution < -0.4 is 15.6 Å². The molecule has 0 aliphatic heterocycles. The van der Waals surface area contributed by atoms with Crippen LogP contribution in [0.25, 0.3) is 10.9 Å². The number of nitrogens with one attached hydrogen (secondary N) is 2. The van der Waals surface area contributed by atoms with Crippen LogP contribution in [0.1, 0.15) is 11.5 Å². The summed E-state index contributed by atoms with van der Waals surface area (Å²) in [4.78, 5) is 35.1. The Morgan fingerprint density at radius 2 is 2.08 bits per heavy atom. The summed E-state index contributed by atoms with van der Waals surface area (Å²) in [5.41, 5.74) is 1.01. The van der Waals surface area contributed by atoms with Crippen LogP contribution in [0, 0.1) is 0 Å². The van der Waals surface area contributed by atoms with Gasteiger partial charge in [0.15, 0.2) is 0 Å². The van der Waals surface area contributed by atoms with E-state index in [1.807, 2.05) is 6.07 Å². The third-order valence-electron chi connectivity index (χ3n) is 3.49. The minimum Gasteiger partial charge on any atom is -0.495 e. The van der Waals surface area contributed by atoms with E-state index in [2.05, 4.69) is 20.3 Å². The fraction of sp³-hybridized carbons (Fsp3) is 0.176. The van der Waals surface area contributed by atoms with Gasteiger partial charge < -0.3 is 15.0 Å². The fourth-order valence-corrected chi connectivity index (χ4v) is 2.26. The number of para-hydroxylation sites is 1. The summed E-state index contributed by atoms with van der Waals surface area (Å²) in [7, 11) is 1.56. The average Bonchev–Trinajstić information content (AvgIpc) is 2.61. The number of hydrogen-bond donors (Lipinski definition) is 2. The van der Waals surface area contributed by atoms with Gasteiger partial charge in [-0.15, -0.1) is 0 Å². The van der Waals surface area contributed by atoms with Gasteiger partial charge in [-0.25, -0.2) is 4.98 Å². The van der Waals surface area contributed by atoms with Crippen molar-refractivity contribution in [1.82, 2.24) is 20.3 Å². The number of carbonyl (C=O) groups is 1. The molecule has 3 rings (SSSR count). The molecule has 0 aliphatic rings. The molecule has 0 aliphatic carbocycles. The molecule has 2 heterocycles. The number of benzene rings is 1. The van der Waals surface area contributed by atoms with Crippen LogP contribution in [0.2, 0.25) is 0 Å². The number of carbonyl (C=O) groups excluding carboxylic acids is 1. The van der Waals surface area contributed by atoms with Crippen LogP contribution in [-0.4, -0.2) is 28.0 Å². The van der Waals surface area contributed by atoms with Gasteiger partial charge in [-0.1, -0.05) is 12.1 Å². The lowest BCUT2D eigenvalue weighted by atomic mass is 10.2. The van der Waals surface area contributed by atoms with Crippen LogP contribution in [0.3, 0.4) is 0 Å². The number of hydrogen-bond acceptors (Lipinski definition) is 5. The quantitative estimate of drug-likeness (QED) is 0.735. The molecule has 24 heavy (non-hydrogen) atoms. The number of H-pyrrole nitrogens is 1. The summed E-state index contributed by atoms with van der Waals surface area (Å²) < 4.78 is 5.02. The number of fused-ring (bicyclic) bond motifs is 1. The summed E-state index contributed by atoms with van der Waals surface area (Å²) in [5, 5.41) is 3.25. The number of nitrogens with zero attached hydrogens (tertiary/aromatic N) is 2. The van der Waals surface area contributed by atoms with Crippen molar-refractivity contribution in [1.29, 1.82) is 0 Å². The number of aromatic amines is 1. The number of amides is 1. The lowest BCUT2D eigenvalue weighted by Gasteiger charge is -2.06. The molecule has 0 radical (unpaired) electrons. The molecular weight excluding hydrogens is 308 g/mol. The number of ether oxygens (including phenoxy) is 1. The van der Waals surface area contributed by atoms with Crippen LogP contribution in [0.5, 0.6) is 5.75 Å².